The molecule has 1 aromatic rings. The van der Waals surface area contributed by atoms with Crippen LogP contribution >= 0.6 is 15.9 Å². The Morgan fingerprint density at radius 3 is 2.56 bits per heavy atom. The van der Waals surface area contributed by atoms with Crippen LogP contribution in [0.25, 0.3) is 0 Å². The first kappa shape index (κ1) is 13.0. The van der Waals surface area contributed by atoms with E-state index in [0.717, 1.165) is 12.1 Å². The minimum Gasteiger partial charge on any atom is -0.268 e. The van der Waals surface area contributed by atoms with Gasteiger partial charge in [-0.25, -0.2) is 12.7 Å². The van der Waals surface area contributed by atoms with E-state index in [1.54, 1.807) is 0 Å². The Morgan fingerprint density at radius 2 is 2.06 bits per heavy atom. The Hall–Kier alpha value is -1.48. The standard InChI is InChI=1S/C9H7BrN2O5S/c1-2-11-9(13)5-3-7(12(14)15)6(10)4-8(5)18(11,16)17/h3-4H,2H2,1H3. The molecule has 0 fully saturated rings. The number of fused-ring (bicyclic) bond motifs is 1. The van der Waals surface area contributed by atoms with Gasteiger partial charge in [-0.15, -0.1) is 0 Å². The van der Waals surface area contributed by atoms with Crippen molar-refractivity contribution in [3.8, 4) is 0 Å². The van der Waals surface area contributed by atoms with Crippen LogP contribution in [0.2, 0.25) is 0 Å². The highest BCUT2D eigenvalue weighted by atomic mass is 79.9. The summed E-state index contributed by atoms with van der Waals surface area (Å²) >= 11 is 2.93. The highest BCUT2D eigenvalue weighted by Gasteiger charge is 2.41. The molecule has 1 aliphatic rings. The molecule has 9 heteroatoms. The summed E-state index contributed by atoms with van der Waals surface area (Å²) in [4.78, 5) is 21.7. The second-order valence-corrected chi connectivity index (χ2v) is 6.22. The maximum atomic E-state index is 12.0. The first-order valence-corrected chi connectivity index (χ1v) is 7.09. The molecule has 0 N–H and O–H groups in total. The zero-order valence-corrected chi connectivity index (χ0v) is 11.5. The Labute approximate surface area is 111 Å². The number of amides is 1. The number of hydrogen-bond acceptors (Lipinski definition) is 5. The fourth-order valence-corrected chi connectivity index (χ4v) is 3.96. The van der Waals surface area contributed by atoms with Crippen LogP contribution in [0.5, 0.6) is 0 Å². The van der Waals surface area contributed by atoms with Crippen molar-refractivity contribution in [2.45, 2.75) is 11.8 Å². The fourth-order valence-electron chi connectivity index (χ4n) is 1.74. The molecule has 1 aliphatic heterocycles. The molecule has 7 nitrogen and oxygen atoms in total. The van der Waals surface area contributed by atoms with Crippen LogP contribution in [0.3, 0.4) is 0 Å². The lowest BCUT2D eigenvalue weighted by atomic mass is 10.2. The van der Waals surface area contributed by atoms with Crippen molar-refractivity contribution in [1.29, 1.82) is 0 Å². The monoisotopic (exact) mass is 334 g/mol. The van der Waals surface area contributed by atoms with Gasteiger partial charge in [0.25, 0.3) is 21.6 Å². The van der Waals surface area contributed by atoms with Gasteiger partial charge in [-0.3, -0.25) is 14.9 Å². The Balaban J connectivity index is 2.77. The largest absolute Gasteiger partial charge is 0.284 e. The second kappa shape index (κ2) is 4.02. The molecule has 18 heavy (non-hydrogen) atoms. The van der Waals surface area contributed by atoms with E-state index in [-0.39, 0.29) is 27.2 Å². The van der Waals surface area contributed by atoms with Crippen LogP contribution < -0.4 is 0 Å². The SMILES string of the molecule is CCN1C(=O)c2cc([N+](=O)[O-])c(Br)cc2S1(=O)=O. The summed E-state index contributed by atoms with van der Waals surface area (Å²) < 4.78 is 24.7. The smallest absolute Gasteiger partial charge is 0.268 e. The normalized spacial score (nSPS) is 16.8. The molecule has 1 amide bonds. The van der Waals surface area contributed by atoms with Crippen LogP contribution in [-0.2, 0) is 10.0 Å². The minimum absolute atomic E-state index is 0.0126. The van der Waals surface area contributed by atoms with Crippen molar-refractivity contribution in [1.82, 2.24) is 4.31 Å². The number of nitro groups is 1. The molecule has 1 aromatic carbocycles. The number of carbonyl (C=O) groups excluding carboxylic acids is 1. The zero-order valence-electron chi connectivity index (χ0n) is 9.08. The van der Waals surface area contributed by atoms with Crippen LogP contribution in [-0.4, -0.2) is 30.1 Å². The van der Waals surface area contributed by atoms with Crippen molar-refractivity contribution >= 4 is 37.5 Å². The van der Waals surface area contributed by atoms with Crippen molar-refractivity contribution in [2.24, 2.45) is 0 Å². The lowest BCUT2D eigenvalue weighted by Crippen LogP contribution is -2.29. The summed E-state index contributed by atoms with van der Waals surface area (Å²) in [6.45, 7) is 1.51. The zero-order chi connectivity index (χ0) is 13.7. The summed E-state index contributed by atoms with van der Waals surface area (Å²) in [6.07, 6.45) is 0. The van der Waals surface area contributed by atoms with Crippen molar-refractivity contribution in [2.75, 3.05) is 6.54 Å². The van der Waals surface area contributed by atoms with Crippen molar-refractivity contribution in [3.05, 3.63) is 32.3 Å². The van der Waals surface area contributed by atoms with Crippen molar-refractivity contribution < 1.29 is 18.1 Å². The summed E-state index contributed by atoms with van der Waals surface area (Å²) in [6, 6.07) is 2.07. The summed E-state index contributed by atoms with van der Waals surface area (Å²) in [5, 5.41) is 10.7. The predicted octanol–water partition coefficient (Wildman–Crippen LogP) is 1.52. The minimum atomic E-state index is -3.88. The number of nitrogens with zero attached hydrogens (tertiary/aromatic N) is 2. The lowest BCUT2D eigenvalue weighted by Gasteiger charge is -2.10. The van der Waals surface area contributed by atoms with E-state index in [9.17, 15) is 23.3 Å². The molecule has 96 valence electrons. The van der Waals surface area contributed by atoms with Gasteiger partial charge < -0.3 is 0 Å². The quantitative estimate of drug-likeness (QED) is 0.603. The van der Waals surface area contributed by atoms with Gasteiger partial charge in [0.15, 0.2) is 0 Å². The molecule has 0 bridgehead atoms. The Morgan fingerprint density at radius 1 is 1.44 bits per heavy atom. The number of halogens is 1. The van der Waals surface area contributed by atoms with Gasteiger partial charge in [0, 0.05) is 12.6 Å². The second-order valence-electron chi connectivity index (χ2n) is 3.53. The maximum absolute atomic E-state index is 12.0. The molecule has 0 radical (unpaired) electrons. The number of nitro benzene ring substituents is 1. The first-order chi connectivity index (χ1) is 8.30. The predicted molar refractivity (Wildman–Crippen MR) is 64.7 cm³/mol. The van der Waals surface area contributed by atoms with Gasteiger partial charge in [-0.05, 0) is 28.9 Å². The number of sulfonamides is 1. The average molecular weight is 335 g/mol. The molecule has 0 spiro atoms. The van der Waals surface area contributed by atoms with E-state index < -0.39 is 20.9 Å². The molecule has 2 rings (SSSR count). The number of rotatable bonds is 2. The van der Waals surface area contributed by atoms with Crippen LogP contribution in [0.15, 0.2) is 21.5 Å². The molecule has 0 aromatic heterocycles. The number of carbonyl (C=O) groups is 1. The topological polar surface area (TPSA) is 97.6 Å². The number of hydrogen-bond donors (Lipinski definition) is 0. The van der Waals surface area contributed by atoms with Gasteiger partial charge in [-0.2, -0.15) is 0 Å². The van der Waals surface area contributed by atoms with E-state index in [2.05, 4.69) is 15.9 Å². The summed E-state index contributed by atoms with van der Waals surface area (Å²) in [5.41, 5.74) is -0.498. The van der Waals surface area contributed by atoms with Crippen LogP contribution in [0.4, 0.5) is 5.69 Å². The lowest BCUT2D eigenvalue weighted by molar-refractivity contribution is -0.385. The van der Waals surface area contributed by atoms with Gasteiger partial charge in [0.05, 0.1) is 15.0 Å². The van der Waals surface area contributed by atoms with Crippen molar-refractivity contribution in [3.63, 3.8) is 0 Å². The Bertz CT molecular complexity index is 670. The first-order valence-electron chi connectivity index (χ1n) is 4.85. The molecule has 0 unspecified atom stereocenters. The number of benzene rings is 1. The fraction of sp³-hybridized carbons (Fsp3) is 0.222. The van der Waals surface area contributed by atoms with Gasteiger partial charge >= 0.3 is 0 Å². The molecular formula is C9H7BrN2O5S. The van der Waals surface area contributed by atoms with Crippen LogP contribution in [0, 0.1) is 10.1 Å². The van der Waals surface area contributed by atoms with E-state index >= 15 is 0 Å². The van der Waals surface area contributed by atoms with Crippen LogP contribution in [0.1, 0.15) is 17.3 Å². The molecule has 0 saturated carbocycles. The highest BCUT2D eigenvalue weighted by molar-refractivity contribution is 9.10. The van der Waals surface area contributed by atoms with Gasteiger partial charge in [0.2, 0.25) is 0 Å². The average Bonchev–Trinajstić information content (AvgIpc) is 2.45. The molecule has 0 saturated heterocycles. The van der Waals surface area contributed by atoms with E-state index in [4.69, 9.17) is 0 Å². The highest BCUT2D eigenvalue weighted by Crippen LogP contribution is 2.37. The molecule has 0 aliphatic carbocycles. The van der Waals surface area contributed by atoms with E-state index in [1.807, 2.05) is 0 Å². The maximum Gasteiger partial charge on any atom is 0.284 e. The van der Waals surface area contributed by atoms with Gasteiger partial charge in [0.1, 0.15) is 4.90 Å². The molecular weight excluding hydrogens is 328 g/mol. The molecule has 0 atom stereocenters. The van der Waals surface area contributed by atoms with Gasteiger partial charge in [-0.1, -0.05) is 0 Å². The summed E-state index contributed by atoms with van der Waals surface area (Å²) in [5.74, 6) is -0.733. The third-order valence-corrected chi connectivity index (χ3v) is 5.09. The Kier molecular flexibility index (Phi) is 2.90. The third-order valence-electron chi connectivity index (χ3n) is 2.56. The summed E-state index contributed by atoms with van der Waals surface area (Å²) in [7, 11) is -3.88. The van der Waals surface area contributed by atoms with E-state index in [1.165, 1.54) is 6.92 Å². The molecule has 1 heterocycles. The third kappa shape index (κ3) is 1.62. The van der Waals surface area contributed by atoms with E-state index in [0.29, 0.717) is 4.31 Å².